The van der Waals surface area contributed by atoms with E-state index < -0.39 is 56.2 Å². The average molecular weight is 523 g/mol. The molecule has 0 radical (unpaired) electrons. The Labute approximate surface area is 196 Å². The van der Waals surface area contributed by atoms with Crippen molar-refractivity contribution in [1.82, 2.24) is 0 Å². The summed E-state index contributed by atoms with van der Waals surface area (Å²) in [6.45, 7) is 7.35. The molecule has 31 heavy (non-hydrogen) atoms. The summed E-state index contributed by atoms with van der Waals surface area (Å²) >= 11 is 7.97. The van der Waals surface area contributed by atoms with E-state index in [2.05, 4.69) is 42.0 Å². The summed E-state index contributed by atoms with van der Waals surface area (Å²) in [5.74, 6) is -0.858. The van der Waals surface area contributed by atoms with E-state index >= 15 is 0 Å². The van der Waals surface area contributed by atoms with Gasteiger partial charge in [0.1, 0.15) is 0 Å². The molecule has 0 aromatic carbocycles. The summed E-state index contributed by atoms with van der Waals surface area (Å²) in [7, 11) is -8.69. The largest absolute Gasteiger partial charge is 0.390 e. The molecule has 0 fully saturated rings. The van der Waals surface area contributed by atoms with Crippen LogP contribution in [0.3, 0.4) is 0 Å². The monoisotopic (exact) mass is 522 g/mol. The maximum atomic E-state index is 12.1. The number of ether oxygens (including phenoxy) is 2. The van der Waals surface area contributed by atoms with Crippen molar-refractivity contribution >= 4 is 45.5 Å². The third-order valence-corrected chi connectivity index (χ3v) is 8.05. The second-order valence-corrected chi connectivity index (χ2v) is 11.0. The topological polar surface area (TPSA) is 136 Å². The molecule has 0 amide bonds. The number of thiol groups is 2. The molecule has 13 heteroatoms. The normalized spacial score (nSPS) is 16.4. The van der Waals surface area contributed by atoms with Crippen molar-refractivity contribution in [1.29, 1.82) is 0 Å². The van der Waals surface area contributed by atoms with Crippen molar-refractivity contribution in [3.63, 3.8) is 0 Å². The molecule has 0 bridgehead atoms. The number of hydrogen-bond acceptors (Lipinski definition) is 11. The second kappa shape index (κ2) is 16.5. The van der Waals surface area contributed by atoms with Crippen molar-refractivity contribution in [2.45, 2.75) is 50.1 Å². The van der Waals surface area contributed by atoms with Gasteiger partial charge < -0.3 is 19.7 Å². The van der Waals surface area contributed by atoms with Crippen molar-refractivity contribution in [2.75, 3.05) is 36.2 Å². The van der Waals surface area contributed by atoms with Gasteiger partial charge in [-0.3, -0.25) is 0 Å². The summed E-state index contributed by atoms with van der Waals surface area (Å²) < 4.78 is 63.4. The summed E-state index contributed by atoms with van der Waals surface area (Å²) in [4.78, 5) is 0. The van der Waals surface area contributed by atoms with Gasteiger partial charge in [0.2, 0.25) is 0 Å². The van der Waals surface area contributed by atoms with Crippen LogP contribution in [0.1, 0.15) is 25.7 Å². The quantitative estimate of drug-likeness (QED) is 0.136. The fraction of sp³-hybridized carbons (Fsp3) is 0.778. The Morgan fingerprint density at radius 3 is 1.42 bits per heavy atom. The minimum absolute atomic E-state index is 0.0239. The van der Waals surface area contributed by atoms with Gasteiger partial charge in [0.05, 0.1) is 49.1 Å². The molecular weight excluding hydrogens is 488 g/mol. The SMILES string of the molecule is C=CCOC(CCCS(=O)(=O)OS(=O)(=O)CCCC(OCC=C)C(O)CS)C(O)CS. The van der Waals surface area contributed by atoms with Crippen LogP contribution >= 0.6 is 25.3 Å². The van der Waals surface area contributed by atoms with E-state index in [1.165, 1.54) is 12.2 Å². The molecule has 0 aliphatic heterocycles. The highest BCUT2D eigenvalue weighted by Gasteiger charge is 2.26. The van der Waals surface area contributed by atoms with E-state index in [1.54, 1.807) is 0 Å². The van der Waals surface area contributed by atoms with Crippen LogP contribution in [0.25, 0.3) is 0 Å². The Morgan fingerprint density at radius 1 is 0.774 bits per heavy atom. The zero-order valence-corrected chi connectivity index (χ0v) is 20.8. The molecule has 9 nitrogen and oxygen atoms in total. The molecular formula is C18H34O9S4. The van der Waals surface area contributed by atoms with Crippen molar-refractivity contribution in [3.8, 4) is 0 Å². The highest BCUT2D eigenvalue weighted by molar-refractivity contribution is 7.99. The fourth-order valence-electron chi connectivity index (χ4n) is 2.54. The number of aliphatic hydroxyl groups is 2. The molecule has 4 unspecified atom stereocenters. The molecule has 0 aromatic heterocycles. The standard InChI is InChI=1S/C18H34O9S4/c1-3-9-25-17(15(19)13-28)7-5-11-30(21,22)27-31(23,24)12-6-8-18(16(20)14-29)26-10-4-2/h3-4,15-20,28-29H,1-2,5-14H2. The van der Waals surface area contributed by atoms with Crippen LogP contribution in [-0.2, 0) is 33.3 Å². The summed E-state index contributed by atoms with van der Waals surface area (Å²) in [5, 5.41) is 19.7. The number of hydrogen-bond donors (Lipinski definition) is 4. The van der Waals surface area contributed by atoms with Gasteiger partial charge in [-0.2, -0.15) is 42.1 Å². The maximum Gasteiger partial charge on any atom is 0.281 e. The van der Waals surface area contributed by atoms with Crippen LogP contribution in [0.5, 0.6) is 0 Å². The van der Waals surface area contributed by atoms with Crippen molar-refractivity contribution < 1.29 is 40.2 Å². The van der Waals surface area contributed by atoms with Crippen LogP contribution < -0.4 is 0 Å². The minimum atomic E-state index is -4.34. The predicted octanol–water partition coefficient (Wildman–Crippen LogP) is 0.947. The lowest BCUT2D eigenvalue weighted by Gasteiger charge is -2.21. The molecule has 0 heterocycles. The maximum absolute atomic E-state index is 12.1. The van der Waals surface area contributed by atoms with Gasteiger partial charge in [0.15, 0.2) is 0 Å². The predicted molar refractivity (Wildman–Crippen MR) is 127 cm³/mol. The summed E-state index contributed by atoms with van der Waals surface area (Å²) in [5.41, 5.74) is 0. The lowest BCUT2D eigenvalue weighted by atomic mass is 10.1. The highest BCUT2D eigenvalue weighted by atomic mass is 32.3. The first kappa shape index (κ1) is 30.9. The van der Waals surface area contributed by atoms with E-state index in [0.29, 0.717) is 0 Å². The van der Waals surface area contributed by atoms with Crippen LogP contribution in [0.2, 0.25) is 0 Å². The van der Waals surface area contributed by atoms with Gasteiger partial charge in [-0.15, -0.1) is 16.8 Å². The zero-order valence-electron chi connectivity index (χ0n) is 17.4. The highest BCUT2D eigenvalue weighted by Crippen LogP contribution is 2.15. The zero-order chi connectivity index (χ0) is 23.9. The molecule has 0 spiro atoms. The first-order chi connectivity index (χ1) is 14.5. The first-order valence-electron chi connectivity index (χ1n) is 9.71. The molecule has 0 aliphatic carbocycles. The molecule has 0 saturated heterocycles. The first-order valence-corrected chi connectivity index (χ1v) is 14.1. The molecule has 0 rings (SSSR count). The Hall–Kier alpha value is -0.120. The molecule has 0 aliphatic rings. The van der Waals surface area contributed by atoms with Gasteiger partial charge in [0.25, 0.3) is 20.2 Å². The fourth-order valence-corrected chi connectivity index (χ4v) is 5.86. The van der Waals surface area contributed by atoms with Gasteiger partial charge in [-0.25, -0.2) is 0 Å². The minimum Gasteiger partial charge on any atom is -0.390 e. The van der Waals surface area contributed by atoms with Gasteiger partial charge in [-0.05, 0) is 25.7 Å². The Kier molecular flexibility index (Phi) is 16.4. The molecule has 0 aromatic rings. The average Bonchev–Trinajstić information content (AvgIpc) is 2.70. The molecule has 184 valence electrons. The third kappa shape index (κ3) is 14.6. The van der Waals surface area contributed by atoms with E-state index in [0.717, 1.165) is 0 Å². The lowest BCUT2D eigenvalue weighted by molar-refractivity contribution is -0.0199. The van der Waals surface area contributed by atoms with E-state index in [1.807, 2.05) is 0 Å². The van der Waals surface area contributed by atoms with Gasteiger partial charge in [0, 0.05) is 11.5 Å². The van der Waals surface area contributed by atoms with Crippen LogP contribution in [-0.4, -0.2) is 87.7 Å². The number of aliphatic hydroxyl groups excluding tert-OH is 2. The van der Waals surface area contributed by atoms with Gasteiger partial charge >= 0.3 is 0 Å². The van der Waals surface area contributed by atoms with Gasteiger partial charge in [-0.1, -0.05) is 12.2 Å². The van der Waals surface area contributed by atoms with Crippen LogP contribution in [0.4, 0.5) is 0 Å². The smallest absolute Gasteiger partial charge is 0.281 e. The Bertz CT molecular complexity index is 650. The van der Waals surface area contributed by atoms with Crippen LogP contribution in [0.15, 0.2) is 25.3 Å². The van der Waals surface area contributed by atoms with Crippen molar-refractivity contribution in [3.05, 3.63) is 25.3 Å². The Morgan fingerprint density at radius 2 is 1.13 bits per heavy atom. The van der Waals surface area contributed by atoms with Crippen molar-refractivity contribution in [2.24, 2.45) is 0 Å². The second-order valence-electron chi connectivity index (χ2n) is 6.70. The Balaban J connectivity index is 4.64. The third-order valence-electron chi connectivity index (χ3n) is 4.06. The number of rotatable bonds is 20. The summed E-state index contributed by atoms with van der Waals surface area (Å²) in [6.07, 6.45) is 0.246. The van der Waals surface area contributed by atoms with E-state index in [-0.39, 0.29) is 50.4 Å². The molecule has 0 saturated carbocycles. The van der Waals surface area contributed by atoms with E-state index in [9.17, 15) is 27.0 Å². The summed E-state index contributed by atoms with van der Waals surface area (Å²) in [6, 6.07) is 0. The van der Waals surface area contributed by atoms with E-state index in [4.69, 9.17) is 9.47 Å². The lowest BCUT2D eigenvalue weighted by Crippen LogP contribution is -2.32. The molecule has 4 atom stereocenters. The van der Waals surface area contributed by atoms with Crippen LogP contribution in [0, 0.1) is 0 Å². The molecule has 2 N–H and O–H groups in total.